The second-order valence-corrected chi connectivity index (χ2v) is 7.39. The maximum atomic E-state index is 12.7. The summed E-state index contributed by atoms with van der Waals surface area (Å²) in [4.78, 5) is 36.4. The third-order valence-corrected chi connectivity index (χ3v) is 3.72. The quantitative estimate of drug-likeness (QED) is 0.464. The Hall–Kier alpha value is -3.15. The fourth-order valence-electron chi connectivity index (χ4n) is 2.46. The molecule has 0 aliphatic heterocycles. The number of alkyl carbamates (subject to hydrolysis) is 1. The van der Waals surface area contributed by atoms with Crippen LogP contribution in [0.15, 0.2) is 54.6 Å². The number of ketones is 1. The van der Waals surface area contributed by atoms with Gasteiger partial charge < -0.3 is 14.8 Å². The number of Topliss-reactive ketones (excluding diaryl/α,β-unsaturated/α-hetero) is 1. The van der Waals surface area contributed by atoms with Gasteiger partial charge in [-0.05, 0) is 45.4 Å². The van der Waals surface area contributed by atoms with Gasteiger partial charge in [0.2, 0.25) is 0 Å². The standard InChI is InChI=1S/C22H25NO5/c1-15(24)17-11-8-12-18(14-17)27-20(25)19(13-16-9-6-5-7-10-16)23-21(26)28-22(2,3)4/h5-12,14,19H,13H2,1-4H3,(H,23,26)/t19-/m0/s1. The number of nitrogens with one attached hydrogen (secondary N) is 1. The Morgan fingerprint density at radius 1 is 1.00 bits per heavy atom. The fourth-order valence-corrected chi connectivity index (χ4v) is 2.46. The second-order valence-electron chi connectivity index (χ2n) is 7.39. The van der Waals surface area contributed by atoms with Crippen LogP contribution in [0.2, 0.25) is 0 Å². The van der Waals surface area contributed by atoms with Gasteiger partial charge in [0, 0.05) is 12.0 Å². The topological polar surface area (TPSA) is 81.7 Å². The molecule has 0 saturated carbocycles. The van der Waals surface area contributed by atoms with E-state index in [1.165, 1.54) is 13.0 Å². The van der Waals surface area contributed by atoms with E-state index in [1.807, 2.05) is 30.3 Å². The molecule has 0 saturated heterocycles. The van der Waals surface area contributed by atoms with Gasteiger partial charge >= 0.3 is 12.1 Å². The Bertz CT molecular complexity index is 840. The van der Waals surface area contributed by atoms with Crippen LogP contribution >= 0.6 is 0 Å². The number of ether oxygens (including phenoxy) is 2. The van der Waals surface area contributed by atoms with E-state index in [0.717, 1.165) is 5.56 Å². The summed E-state index contributed by atoms with van der Waals surface area (Å²) in [7, 11) is 0. The number of hydrogen-bond donors (Lipinski definition) is 1. The lowest BCUT2D eigenvalue weighted by molar-refractivity contribution is -0.136. The molecule has 0 fully saturated rings. The van der Waals surface area contributed by atoms with Crippen LogP contribution in [0.3, 0.4) is 0 Å². The van der Waals surface area contributed by atoms with Crippen LogP contribution in [0.1, 0.15) is 43.6 Å². The lowest BCUT2D eigenvalue weighted by atomic mass is 10.1. The number of benzene rings is 2. The zero-order chi connectivity index (χ0) is 20.7. The molecule has 1 amide bonds. The van der Waals surface area contributed by atoms with Crippen molar-refractivity contribution in [2.45, 2.75) is 45.8 Å². The average Bonchev–Trinajstić information content (AvgIpc) is 2.60. The number of carbonyl (C=O) groups is 3. The molecular formula is C22H25NO5. The van der Waals surface area contributed by atoms with Crippen molar-refractivity contribution >= 4 is 17.8 Å². The van der Waals surface area contributed by atoms with Gasteiger partial charge in [-0.1, -0.05) is 42.5 Å². The number of rotatable bonds is 6. The Kier molecular flexibility index (Phi) is 6.93. The summed E-state index contributed by atoms with van der Waals surface area (Å²) in [6, 6.07) is 14.7. The number of amides is 1. The van der Waals surface area contributed by atoms with Gasteiger partial charge in [-0.3, -0.25) is 4.79 Å². The summed E-state index contributed by atoms with van der Waals surface area (Å²) < 4.78 is 10.7. The molecule has 2 aromatic rings. The summed E-state index contributed by atoms with van der Waals surface area (Å²) in [6.45, 7) is 6.66. The fraction of sp³-hybridized carbons (Fsp3) is 0.318. The smallest absolute Gasteiger partial charge is 0.408 e. The molecule has 2 rings (SSSR count). The van der Waals surface area contributed by atoms with Crippen molar-refractivity contribution in [2.75, 3.05) is 0 Å². The molecule has 0 radical (unpaired) electrons. The third kappa shape index (κ3) is 6.87. The zero-order valence-corrected chi connectivity index (χ0v) is 16.5. The Morgan fingerprint density at radius 2 is 1.68 bits per heavy atom. The summed E-state index contributed by atoms with van der Waals surface area (Å²) >= 11 is 0. The van der Waals surface area contributed by atoms with E-state index < -0.39 is 23.7 Å². The highest BCUT2D eigenvalue weighted by molar-refractivity contribution is 5.94. The molecule has 2 aromatic carbocycles. The lowest BCUT2D eigenvalue weighted by Gasteiger charge is -2.23. The maximum absolute atomic E-state index is 12.7. The highest BCUT2D eigenvalue weighted by Gasteiger charge is 2.26. The summed E-state index contributed by atoms with van der Waals surface area (Å²) in [5.41, 5.74) is 0.601. The Morgan fingerprint density at radius 3 is 2.29 bits per heavy atom. The molecule has 0 unspecified atom stereocenters. The second kappa shape index (κ2) is 9.17. The minimum Gasteiger partial charge on any atom is -0.444 e. The van der Waals surface area contributed by atoms with Gasteiger partial charge in [-0.15, -0.1) is 0 Å². The van der Waals surface area contributed by atoms with Gasteiger partial charge in [0.25, 0.3) is 0 Å². The molecule has 0 aromatic heterocycles. The molecule has 6 heteroatoms. The van der Waals surface area contributed by atoms with Gasteiger partial charge in [0.05, 0.1) is 0 Å². The average molecular weight is 383 g/mol. The van der Waals surface area contributed by atoms with E-state index in [-0.39, 0.29) is 18.0 Å². The normalized spacial score (nSPS) is 12.0. The molecule has 6 nitrogen and oxygen atoms in total. The molecule has 0 spiro atoms. The van der Waals surface area contributed by atoms with E-state index >= 15 is 0 Å². The predicted octanol–water partition coefficient (Wildman–Crippen LogP) is 3.93. The molecule has 148 valence electrons. The Balaban J connectivity index is 2.17. The third-order valence-electron chi connectivity index (χ3n) is 3.72. The molecular weight excluding hydrogens is 358 g/mol. The summed E-state index contributed by atoms with van der Waals surface area (Å²) in [5.74, 6) is -0.539. The molecule has 0 aliphatic rings. The van der Waals surface area contributed by atoms with E-state index in [1.54, 1.807) is 39.0 Å². The molecule has 0 heterocycles. The van der Waals surface area contributed by atoms with Crippen molar-refractivity contribution in [3.63, 3.8) is 0 Å². The van der Waals surface area contributed by atoms with Crippen LogP contribution in [0.4, 0.5) is 4.79 Å². The van der Waals surface area contributed by atoms with E-state index in [9.17, 15) is 14.4 Å². The number of hydrogen-bond acceptors (Lipinski definition) is 5. The van der Waals surface area contributed by atoms with Crippen LogP contribution in [-0.2, 0) is 16.0 Å². The molecule has 1 atom stereocenters. The summed E-state index contributed by atoms with van der Waals surface area (Å²) in [6.07, 6.45) is -0.464. The van der Waals surface area contributed by atoms with Gasteiger partial charge in [-0.2, -0.15) is 0 Å². The highest BCUT2D eigenvalue weighted by atomic mass is 16.6. The van der Waals surface area contributed by atoms with Gasteiger partial charge in [0.15, 0.2) is 5.78 Å². The van der Waals surface area contributed by atoms with Crippen molar-refractivity contribution in [3.8, 4) is 5.75 Å². The van der Waals surface area contributed by atoms with Crippen LogP contribution in [-0.4, -0.2) is 29.5 Å². The molecule has 0 bridgehead atoms. The Labute approximate surface area is 164 Å². The van der Waals surface area contributed by atoms with E-state index in [4.69, 9.17) is 9.47 Å². The van der Waals surface area contributed by atoms with Gasteiger partial charge in [0.1, 0.15) is 17.4 Å². The van der Waals surface area contributed by atoms with Crippen molar-refractivity contribution in [3.05, 3.63) is 65.7 Å². The minimum atomic E-state index is -0.946. The van der Waals surface area contributed by atoms with Gasteiger partial charge in [-0.25, -0.2) is 9.59 Å². The predicted molar refractivity (Wildman–Crippen MR) is 105 cm³/mol. The number of carbonyl (C=O) groups excluding carboxylic acids is 3. The van der Waals surface area contributed by atoms with Crippen molar-refractivity contribution in [2.24, 2.45) is 0 Å². The first kappa shape index (κ1) is 21.2. The molecule has 28 heavy (non-hydrogen) atoms. The molecule has 1 N–H and O–H groups in total. The minimum absolute atomic E-state index is 0.134. The number of esters is 1. The first-order valence-electron chi connectivity index (χ1n) is 9.00. The lowest BCUT2D eigenvalue weighted by Crippen LogP contribution is -2.46. The van der Waals surface area contributed by atoms with Crippen LogP contribution in [0, 0.1) is 0 Å². The largest absolute Gasteiger partial charge is 0.444 e. The highest BCUT2D eigenvalue weighted by Crippen LogP contribution is 2.16. The van der Waals surface area contributed by atoms with Crippen LogP contribution < -0.4 is 10.1 Å². The maximum Gasteiger partial charge on any atom is 0.408 e. The first-order chi connectivity index (χ1) is 13.1. The summed E-state index contributed by atoms with van der Waals surface area (Å²) in [5, 5.41) is 2.58. The van der Waals surface area contributed by atoms with Crippen molar-refractivity contribution in [1.29, 1.82) is 0 Å². The zero-order valence-electron chi connectivity index (χ0n) is 16.5. The van der Waals surface area contributed by atoms with E-state index in [0.29, 0.717) is 5.56 Å². The molecule has 0 aliphatic carbocycles. The van der Waals surface area contributed by atoms with Crippen LogP contribution in [0.5, 0.6) is 5.75 Å². The monoisotopic (exact) mass is 383 g/mol. The SMILES string of the molecule is CC(=O)c1cccc(OC(=O)[C@H](Cc2ccccc2)NC(=O)OC(C)(C)C)c1. The van der Waals surface area contributed by atoms with Crippen molar-refractivity contribution < 1.29 is 23.9 Å². The van der Waals surface area contributed by atoms with Crippen LogP contribution in [0.25, 0.3) is 0 Å². The first-order valence-corrected chi connectivity index (χ1v) is 9.00. The van der Waals surface area contributed by atoms with E-state index in [2.05, 4.69) is 5.32 Å². The van der Waals surface area contributed by atoms with Crippen molar-refractivity contribution in [1.82, 2.24) is 5.32 Å².